The van der Waals surface area contributed by atoms with Crippen molar-refractivity contribution >= 4 is 11.6 Å². The molecule has 0 spiro atoms. The average molecular weight is 171 g/mol. The highest BCUT2D eigenvalue weighted by Gasteiger charge is 1.84. The van der Waals surface area contributed by atoms with Crippen LogP contribution in [-0.4, -0.2) is 0 Å². The molecule has 0 rings (SSSR count). The smallest absolute Gasteiger partial charge is 0.0368 e. The average Bonchev–Trinajstić information content (AvgIpc) is 1.87. The van der Waals surface area contributed by atoms with Crippen molar-refractivity contribution in [1.29, 1.82) is 0 Å². The number of rotatable bonds is 3. The molecular formula is C10H15Cl. The molecular weight excluding hydrogens is 156 g/mol. The van der Waals surface area contributed by atoms with Crippen molar-refractivity contribution in [1.82, 2.24) is 0 Å². The summed E-state index contributed by atoms with van der Waals surface area (Å²) < 4.78 is 0. The minimum atomic E-state index is 0.822. The second-order valence-electron chi connectivity index (χ2n) is 2.39. The maximum Gasteiger partial charge on any atom is 0.0368 e. The molecule has 0 nitrogen and oxygen atoms in total. The topological polar surface area (TPSA) is 0 Å². The minimum Gasteiger partial charge on any atom is -0.0874 e. The zero-order chi connectivity index (χ0) is 8.69. The highest BCUT2D eigenvalue weighted by atomic mass is 35.5. The van der Waals surface area contributed by atoms with Crippen LogP contribution in [0.2, 0.25) is 0 Å². The molecule has 0 saturated carbocycles. The SMILES string of the molecule is C\C=C/C(C)=C\C(Cl)=C\CC. The maximum atomic E-state index is 5.86. The van der Waals surface area contributed by atoms with Gasteiger partial charge in [-0.15, -0.1) is 0 Å². The molecule has 62 valence electrons. The van der Waals surface area contributed by atoms with Crippen molar-refractivity contribution in [3.05, 3.63) is 34.9 Å². The molecule has 0 fully saturated rings. The van der Waals surface area contributed by atoms with E-state index in [4.69, 9.17) is 11.6 Å². The van der Waals surface area contributed by atoms with Crippen LogP contribution in [0.15, 0.2) is 34.9 Å². The van der Waals surface area contributed by atoms with Gasteiger partial charge in [0.25, 0.3) is 0 Å². The third-order valence-electron chi connectivity index (χ3n) is 1.19. The quantitative estimate of drug-likeness (QED) is 0.561. The Morgan fingerprint density at radius 1 is 1.45 bits per heavy atom. The Balaban J connectivity index is 4.18. The van der Waals surface area contributed by atoms with Crippen molar-refractivity contribution in [2.24, 2.45) is 0 Å². The first kappa shape index (κ1) is 10.5. The van der Waals surface area contributed by atoms with E-state index in [1.165, 1.54) is 5.57 Å². The second kappa shape index (κ2) is 6.23. The largest absolute Gasteiger partial charge is 0.0874 e. The van der Waals surface area contributed by atoms with E-state index in [0.29, 0.717) is 0 Å². The molecule has 0 aromatic heterocycles. The van der Waals surface area contributed by atoms with Crippen LogP contribution < -0.4 is 0 Å². The van der Waals surface area contributed by atoms with Gasteiger partial charge in [-0.3, -0.25) is 0 Å². The van der Waals surface area contributed by atoms with Crippen LogP contribution in [0, 0.1) is 0 Å². The number of allylic oxidation sites excluding steroid dienone is 6. The highest BCUT2D eigenvalue weighted by molar-refractivity contribution is 6.31. The molecule has 0 heterocycles. The van der Waals surface area contributed by atoms with Gasteiger partial charge in [-0.1, -0.05) is 36.8 Å². The normalized spacial score (nSPS) is 14.5. The second-order valence-corrected chi connectivity index (χ2v) is 2.82. The third-order valence-corrected chi connectivity index (χ3v) is 1.46. The minimum absolute atomic E-state index is 0.822. The summed E-state index contributed by atoms with van der Waals surface area (Å²) in [6, 6.07) is 0. The lowest BCUT2D eigenvalue weighted by Gasteiger charge is -1.90. The molecule has 0 atom stereocenters. The Hall–Kier alpha value is -0.490. The van der Waals surface area contributed by atoms with Gasteiger partial charge >= 0.3 is 0 Å². The van der Waals surface area contributed by atoms with Crippen LogP contribution in [0.1, 0.15) is 27.2 Å². The number of halogens is 1. The van der Waals surface area contributed by atoms with Crippen molar-refractivity contribution in [2.45, 2.75) is 27.2 Å². The molecule has 0 N–H and O–H groups in total. The van der Waals surface area contributed by atoms with E-state index in [-0.39, 0.29) is 0 Å². The van der Waals surface area contributed by atoms with Gasteiger partial charge < -0.3 is 0 Å². The zero-order valence-electron chi connectivity index (χ0n) is 7.39. The number of hydrogen-bond acceptors (Lipinski definition) is 0. The summed E-state index contributed by atoms with van der Waals surface area (Å²) in [5.41, 5.74) is 1.18. The van der Waals surface area contributed by atoms with Gasteiger partial charge in [-0.05, 0) is 31.9 Å². The first-order valence-corrected chi connectivity index (χ1v) is 4.25. The highest BCUT2D eigenvalue weighted by Crippen LogP contribution is 2.08. The lowest BCUT2D eigenvalue weighted by Crippen LogP contribution is -1.69. The van der Waals surface area contributed by atoms with Crippen LogP contribution in [0.3, 0.4) is 0 Å². The summed E-state index contributed by atoms with van der Waals surface area (Å²) in [5.74, 6) is 0. The fourth-order valence-corrected chi connectivity index (χ4v) is 1.11. The first-order valence-electron chi connectivity index (χ1n) is 3.87. The molecule has 0 bridgehead atoms. The molecule has 0 aromatic carbocycles. The lowest BCUT2D eigenvalue weighted by atomic mass is 10.2. The predicted octanol–water partition coefficient (Wildman–Crippen LogP) is 4.04. The maximum absolute atomic E-state index is 5.86. The van der Waals surface area contributed by atoms with Crippen LogP contribution in [0.5, 0.6) is 0 Å². The van der Waals surface area contributed by atoms with E-state index in [1.54, 1.807) is 0 Å². The Morgan fingerprint density at radius 3 is 2.55 bits per heavy atom. The molecule has 0 radical (unpaired) electrons. The Morgan fingerprint density at radius 2 is 2.09 bits per heavy atom. The Kier molecular flexibility index (Phi) is 5.96. The van der Waals surface area contributed by atoms with Gasteiger partial charge in [0.05, 0.1) is 0 Å². The summed E-state index contributed by atoms with van der Waals surface area (Å²) in [5, 5.41) is 0.822. The summed E-state index contributed by atoms with van der Waals surface area (Å²) >= 11 is 5.86. The van der Waals surface area contributed by atoms with Gasteiger partial charge in [-0.25, -0.2) is 0 Å². The van der Waals surface area contributed by atoms with Crippen LogP contribution in [0.4, 0.5) is 0 Å². The van der Waals surface area contributed by atoms with Gasteiger partial charge in [0.15, 0.2) is 0 Å². The van der Waals surface area contributed by atoms with Crippen LogP contribution >= 0.6 is 11.6 Å². The molecule has 0 unspecified atom stereocenters. The summed E-state index contributed by atoms with van der Waals surface area (Å²) in [7, 11) is 0. The number of hydrogen-bond donors (Lipinski definition) is 0. The summed E-state index contributed by atoms with van der Waals surface area (Å²) in [4.78, 5) is 0. The fraction of sp³-hybridized carbons (Fsp3) is 0.400. The van der Waals surface area contributed by atoms with Crippen molar-refractivity contribution < 1.29 is 0 Å². The molecule has 0 aliphatic rings. The van der Waals surface area contributed by atoms with E-state index in [0.717, 1.165) is 11.5 Å². The fourth-order valence-electron chi connectivity index (χ4n) is 0.782. The molecule has 0 saturated heterocycles. The van der Waals surface area contributed by atoms with E-state index < -0.39 is 0 Å². The third kappa shape index (κ3) is 5.93. The van der Waals surface area contributed by atoms with Gasteiger partial charge in [0, 0.05) is 5.03 Å². The Bertz CT molecular complexity index is 185. The standard InChI is InChI=1S/C10H15Cl/c1-4-6-9(3)8-10(11)7-5-2/h4,6-8H,5H2,1-3H3/b6-4-,9-8-,10-7-. The van der Waals surface area contributed by atoms with E-state index in [9.17, 15) is 0 Å². The molecule has 1 heteroatoms. The molecule has 11 heavy (non-hydrogen) atoms. The lowest BCUT2D eigenvalue weighted by molar-refractivity contribution is 1.22. The van der Waals surface area contributed by atoms with E-state index in [2.05, 4.69) is 6.92 Å². The summed E-state index contributed by atoms with van der Waals surface area (Å²) in [6.07, 6.45) is 8.98. The van der Waals surface area contributed by atoms with Crippen LogP contribution in [-0.2, 0) is 0 Å². The van der Waals surface area contributed by atoms with Gasteiger partial charge in [-0.2, -0.15) is 0 Å². The van der Waals surface area contributed by atoms with Crippen molar-refractivity contribution in [2.75, 3.05) is 0 Å². The van der Waals surface area contributed by atoms with E-state index >= 15 is 0 Å². The Labute approximate surface area is 74.3 Å². The molecule has 0 aliphatic heterocycles. The van der Waals surface area contributed by atoms with Crippen molar-refractivity contribution in [3.63, 3.8) is 0 Å². The first-order chi connectivity index (χ1) is 5.20. The molecule has 0 aliphatic carbocycles. The zero-order valence-corrected chi connectivity index (χ0v) is 8.15. The van der Waals surface area contributed by atoms with Crippen LogP contribution in [0.25, 0.3) is 0 Å². The van der Waals surface area contributed by atoms with Gasteiger partial charge in [0.1, 0.15) is 0 Å². The molecule has 0 amide bonds. The van der Waals surface area contributed by atoms with E-state index in [1.807, 2.05) is 38.2 Å². The van der Waals surface area contributed by atoms with Gasteiger partial charge in [0.2, 0.25) is 0 Å². The summed E-state index contributed by atoms with van der Waals surface area (Å²) in [6.45, 7) is 6.10. The molecule has 0 aromatic rings. The van der Waals surface area contributed by atoms with Crippen molar-refractivity contribution in [3.8, 4) is 0 Å². The predicted molar refractivity (Wildman–Crippen MR) is 52.8 cm³/mol. The monoisotopic (exact) mass is 170 g/mol.